The van der Waals surface area contributed by atoms with Crippen LogP contribution in [0.15, 0.2) is 42.5 Å². The molecule has 0 saturated carbocycles. The number of anilines is 1. The number of aryl methyl sites for hydroxylation is 1. The Morgan fingerprint density at radius 2 is 1.65 bits per heavy atom. The molecule has 2 aromatic rings. The van der Waals surface area contributed by atoms with Crippen LogP contribution in [0.4, 0.5) is 5.69 Å². The molecule has 0 atom stereocenters. The lowest BCUT2D eigenvalue weighted by atomic mass is 10.0. The fourth-order valence-electron chi connectivity index (χ4n) is 1.83. The molecule has 0 aromatic heterocycles. The van der Waals surface area contributed by atoms with Crippen LogP contribution >= 0.6 is 0 Å². The zero-order chi connectivity index (χ0) is 12.3. The quantitative estimate of drug-likeness (QED) is 0.810. The molecule has 2 rings (SSSR count). The molecule has 0 saturated heterocycles. The van der Waals surface area contributed by atoms with Crippen molar-refractivity contribution in [2.24, 2.45) is 0 Å². The minimum absolute atomic E-state index is 0.703. The summed E-state index contributed by atoms with van der Waals surface area (Å²) < 4.78 is 0. The van der Waals surface area contributed by atoms with Crippen LogP contribution in [0, 0.1) is 6.92 Å². The number of rotatable bonds is 3. The van der Waals surface area contributed by atoms with Gasteiger partial charge in [0.25, 0.3) is 0 Å². The first kappa shape index (κ1) is 11.4. The summed E-state index contributed by atoms with van der Waals surface area (Å²) in [4.78, 5) is 10.6. The molecule has 0 aliphatic heterocycles. The molecule has 17 heavy (non-hydrogen) atoms. The molecule has 2 heteroatoms. The summed E-state index contributed by atoms with van der Waals surface area (Å²) in [6.07, 6.45) is 0.859. The highest BCUT2D eigenvalue weighted by molar-refractivity contribution is 5.77. The fraction of sp³-hybridized carbons (Fsp3) is 0.133. The van der Waals surface area contributed by atoms with Crippen LogP contribution in [-0.4, -0.2) is 13.3 Å². The van der Waals surface area contributed by atoms with Gasteiger partial charge in [0.15, 0.2) is 0 Å². The topological polar surface area (TPSA) is 29.1 Å². The zero-order valence-corrected chi connectivity index (χ0v) is 10.0. The third-order valence-electron chi connectivity index (χ3n) is 2.89. The molecule has 0 aliphatic carbocycles. The summed E-state index contributed by atoms with van der Waals surface area (Å²) in [7, 11) is 1.92. The van der Waals surface area contributed by atoms with E-state index >= 15 is 0 Å². The second-order valence-electron chi connectivity index (χ2n) is 4.02. The third kappa shape index (κ3) is 2.36. The molecule has 0 unspecified atom stereocenters. The number of aldehydes is 1. The molecular weight excluding hydrogens is 210 g/mol. The minimum Gasteiger partial charge on any atom is -0.388 e. The van der Waals surface area contributed by atoms with Crippen molar-refractivity contribution in [2.45, 2.75) is 6.92 Å². The van der Waals surface area contributed by atoms with E-state index in [2.05, 4.69) is 30.4 Å². The van der Waals surface area contributed by atoms with Gasteiger partial charge in [-0.25, -0.2) is 0 Å². The van der Waals surface area contributed by atoms with Gasteiger partial charge in [0, 0.05) is 18.3 Å². The SMILES string of the molecule is CNc1cc(-c2ccc(C=O)cc2)ccc1C. The van der Waals surface area contributed by atoms with Crippen LogP contribution < -0.4 is 5.32 Å². The first-order valence-corrected chi connectivity index (χ1v) is 5.58. The highest BCUT2D eigenvalue weighted by Crippen LogP contribution is 2.25. The van der Waals surface area contributed by atoms with E-state index < -0.39 is 0 Å². The van der Waals surface area contributed by atoms with Gasteiger partial charge in [-0.15, -0.1) is 0 Å². The lowest BCUT2D eigenvalue weighted by molar-refractivity contribution is 0.112. The van der Waals surface area contributed by atoms with Crippen molar-refractivity contribution in [2.75, 3.05) is 12.4 Å². The average Bonchev–Trinajstić information content (AvgIpc) is 2.39. The number of carbonyl (C=O) groups excluding carboxylic acids is 1. The van der Waals surface area contributed by atoms with Crippen LogP contribution in [0.5, 0.6) is 0 Å². The monoisotopic (exact) mass is 225 g/mol. The zero-order valence-electron chi connectivity index (χ0n) is 10.0. The lowest BCUT2D eigenvalue weighted by Gasteiger charge is -2.08. The average molecular weight is 225 g/mol. The molecule has 0 fully saturated rings. The Balaban J connectivity index is 2.41. The van der Waals surface area contributed by atoms with E-state index in [9.17, 15) is 4.79 Å². The van der Waals surface area contributed by atoms with Crippen molar-refractivity contribution in [1.29, 1.82) is 0 Å². The predicted molar refractivity (Wildman–Crippen MR) is 71.5 cm³/mol. The lowest BCUT2D eigenvalue weighted by Crippen LogP contribution is -1.92. The van der Waals surface area contributed by atoms with Gasteiger partial charge in [0.05, 0.1) is 0 Å². The molecule has 2 nitrogen and oxygen atoms in total. The van der Waals surface area contributed by atoms with Crippen molar-refractivity contribution in [3.05, 3.63) is 53.6 Å². The highest BCUT2D eigenvalue weighted by Gasteiger charge is 2.01. The van der Waals surface area contributed by atoms with Crippen molar-refractivity contribution >= 4 is 12.0 Å². The molecule has 0 heterocycles. The number of benzene rings is 2. The van der Waals surface area contributed by atoms with Crippen molar-refractivity contribution in [3.8, 4) is 11.1 Å². The van der Waals surface area contributed by atoms with Crippen molar-refractivity contribution < 1.29 is 4.79 Å². The van der Waals surface area contributed by atoms with Gasteiger partial charge in [-0.3, -0.25) is 4.79 Å². The summed E-state index contributed by atoms with van der Waals surface area (Å²) in [5.41, 5.74) is 5.32. The molecule has 0 aliphatic rings. The van der Waals surface area contributed by atoms with Crippen LogP contribution in [0.2, 0.25) is 0 Å². The van der Waals surface area contributed by atoms with Gasteiger partial charge in [-0.2, -0.15) is 0 Å². The Morgan fingerprint density at radius 3 is 2.24 bits per heavy atom. The Bertz CT molecular complexity index is 529. The minimum atomic E-state index is 0.703. The Kier molecular flexibility index (Phi) is 3.24. The second kappa shape index (κ2) is 4.83. The van der Waals surface area contributed by atoms with E-state index in [1.165, 1.54) is 5.56 Å². The third-order valence-corrected chi connectivity index (χ3v) is 2.89. The molecular formula is C15H15NO. The molecule has 1 N–H and O–H groups in total. The summed E-state index contributed by atoms with van der Waals surface area (Å²) in [5, 5.41) is 3.17. The standard InChI is InChI=1S/C15H15NO/c1-11-3-6-14(9-15(11)16-2)13-7-4-12(10-17)5-8-13/h3-10,16H,1-2H3. The van der Waals surface area contributed by atoms with Gasteiger partial charge < -0.3 is 5.32 Å². The Morgan fingerprint density at radius 1 is 1.00 bits per heavy atom. The predicted octanol–water partition coefficient (Wildman–Crippen LogP) is 3.52. The summed E-state index contributed by atoms with van der Waals surface area (Å²) in [5.74, 6) is 0. The smallest absolute Gasteiger partial charge is 0.150 e. The maximum absolute atomic E-state index is 10.6. The van der Waals surface area contributed by atoms with Gasteiger partial charge in [-0.05, 0) is 29.7 Å². The van der Waals surface area contributed by atoms with Crippen molar-refractivity contribution in [1.82, 2.24) is 0 Å². The van der Waals surface area contributed by atoms with E-state index in [1.807, 2.05) is 31.3 Å². The number of hydrogen-bond acceptors (Lipinski definition) is 2. The number of hydrogen-bond donors (Lipinski definition) is 1. The van der Waals surface area contributed by atoms with Crippen molar-refractivity contribution in [3.63, 3.8) is 0 Å². The second-order valence-corrected chi connectivity index (χ2v) is 4.02. The largest absolute Gasteiger partial charge is 0.388 e. The van der Waals surface area contributed by atoms with Crippen LogP contribution in [0.25, 0.3) is 11.1 Å². The highest BCUT2D eigenvalue weighted by atomic mass is 16.1. The fourth-order valence-corrected chi connectivity index (χ4v) is 1.83. The number of nitrogens with one attached hydrogen (secondary N) is 1. The van der Waals surface area contributed by atoms with E-state index in [0.717, 1.165) is 23.1 Å². The van der Waals surface area contributed by atoms with Gasteiger partial charge in [0.2, 0.25) is 0 Å². The summed E-state index contributed by atoms with van der Waals surface area (Å²) in [6.45, 7) is 2.07. The molecule has 0 radical (unpaired) electrons. The number of carbonyl (C=O) groups is 1. The summed E-state index contributed by atoms with van der Waals surface area (Å²) >= 11 is 0. The maximum Gasteiger partial charge on any atom is 0.150 e. The molecule has 0 spiro atoms. The van der Waals surface area contributed by atoms with Gasteiger partial charge in [-0.1, -0.05) is 36.4 Å². The first-order chi connectivity index (χ1) is 8.24. The normalized spacial score (nSPS) is 10.0. The van der Waals surface area contributed by atoms with Gasteiger partial charge >= 0.3 is 0 Å². The molecule has 0 bridgehead atoms. The van der Waals surface area contributed by atoms with Crippen LogP contribution in [0.3, 0.4) is 0 Å². The Labute approximate surface area is 101 Å². The van der Waals surface area contributed by atoms with Crippen LogP contribution in [0.1, 0.15) is 15.9 Å². The van der Waals surface area contributed by atoms with Crippen LogP contribution in [-0.2, 0) is 0 Å². The molecule has 86 valence electrons. The van der Waals surface area contributed by atoms with E-state index in [4.69, 9.17) is 0 Å². The van der Waals surface area contributed by atoms with Gasteiger partial charge in [0.1, 0.15) is 6.29 Å². The molecule has 0 amide bonds. The summed E-state index contributed by atoms with van der Waals surface area (Å²) in [6, 6.07) is 13.9. The first-order valence-electron chi connectivity index (χ1n) is 5.58. The Hall–Kier alpha value is -2.09. The van der Waals surface area contributed by atoms with E-state index in [1.54, 1.807) is 0 Å². The van der Waals surface area contributed by atoms with E-state index in [0.29, 0.717) is 5.56 Å². The maximum atomic E-state index is 10.6. The van der Waals surface area contributed by atoms with E-state index in [-0.39, 0.29) is 0 Å². The molecule has 2 aromatic carbocycles.